The molecule has 5 unspecified atom stereocenters. The molecular formula is C25H28F3N3O7. The van der Waals surface area contributed by atoms with Crippen molar-refractivity contribution in [3.63, 3.8) is 0 Å². The van der Waals surface area contributed by atoms with Crippen molar-refractivity contribution in [2.24, 2.45) is 0 Å². The number of nitrogens with zero attached hydrogens (tertiary/aromatic N) is 3. The molecule has 2 aromatic carbocycles. The number of benzene rings is 2. The van der Waals surface area contributed by atoms with E-state index in [1.807, 2.05) is 30.3 Å². The molecule has 0 amide bonds. The van der Waals surface area contributed by atoms with Gasteiger partial charge in [0.1, 0.15) is 30.0 Å². The molecule has 38 heavy (non-hydrogen) atoms. The summed E-state index contributed by atoms with van der Waals surface area (Å²) in [6, 6.07) is 10.1. The fourth-order valence-corrected chi connectivity index (χ4v) is 4.02. The van der Waals surface area contributed by atoms with Crippen LogP contribution < -0.4 is 0 Å². The van der Waals surface area contributed by atoms with Crippen LogP contribution >= 0.6 is 0 Å². The predicted octanol–water partition coefficient (Wildman–Crippen LogP) is 1.78. The Balaban J connectivity index is 0.000000427. The van der Waals surface area contributed by atoms with Crippen molar-refractivity contribution in [3.8, 4) is 11.3 Å². The van der Waals surface area contributed by atoms with Crippen LogP contribution in [0, 0.1) is 17.5 Å². The summed E-state index contributed by atoms with van der Waals surface area (Å²) in [6.45, 7) is -0.414. The zero-order valence-electron chi connectivity index (χ0n) is 20.6. The minimum atomic E-state index is -1.61. The van der Waals surface area contributed by atoms with E-state index in [0.717, 1.165) is 17.7 Å². The van der Waals surface area contributed by atoms with Gasteiger partial charge >= 0.3 is 5.97 Å². The Hall–Kier alpha value is -3.36. The maximum absolute atomic E-state index is 13.6. The maximum Gasteiger partial charge on any atom is 0.308 e. The van der Waals surface area contributed by atoms with E-state index in [0.29, 0.717) is 0 Å². The molecule has 3 aromatic rings. The summed E-state index contributed by atoms with van der Waals surface area (Å²) in [7, 11) is 2.54. The summed E-state index contributed by atoms with van der Waals surface area (Å²) in [5, 5.41) is 36.5. The third kappa shape index (κ3) is 6.74. The molecule has 4 rings (SSSR count). The molecule has 0 spiro atoms. The number of hydrogen-bond donors (Lipinski definition) is 3. The van der Waals surface area contributed by atoms with Gasteiger partial charge in [-0.1, -0.05) is 35.5 Å². The lowest BCUT2D eigenvalue weighted by atomic mass is 9.91. The molecule has 1 aromatic heterocycles. The highest BCUT2D eigenvalue weighted by Crippen LogP contribution is 2.34. The van der Waals surface area contributed by atoms with Crippen LogP contribution in [0.15, 0.2) is 48.7 Å². The van der Waals surface area contributed by atoms with Crippen LogP contribution in [-0.4, -0.2) is 81.5 Å². The summed E-state index contributed by atoms with van der Waals surface area (Å²) < 4.78 is 57.1. The van der Waals surface area contributed by atoms with Crippen molar-refractivity contribution >= 4 is 5.97 Å². The molecule has 1 fully saturated rings. The largest absolute Gasteiger partial charge is 0.469 e. The van der Waals surface area contributed by atoms with Gasteiger partial charge in [0.15, 0.2) is 17.5 Å². The summed E-state index contributed by atoms with van der Waals surface area (Å²) in [5.41, 5.74) is 0.900. The van der Waals surface area contributed by atoms with Crippen LogP contribution in [0.1, 0.15) is 18.0 Å². The fourth-order valence-electron chi connectivity index (χ4n) is 4.02. The van der Waals surface area contributed by atoms with Gasteiger partial charge in [0.2, 0.25) is 0 Å². The number of hydrogen-bond acceptors (Lipinski definition) is 9. The molecule has 1 aliphatic heterocycles. The number of rotatable bonds is 7. The van der Waals surface area contributed by atoms with Crippen LogP contribution in [0.2, 0.25) is 0 Å². The average molecular weight is 540 g/mol. The standard InChI is InChI=1S/C18H20F3N3O6.C7H8O/c1-28-14(26)5-12-18(29-2)16(17(27)13(7-25)30-12)24-6-11(22-23-24)8-3-9(19)15(21)10(20)4-8;8-6-7-4-2-1-3-5-7/h3-4,6,12-13,16-18,25,27H,5,7H2,1-2H3;1-5,8H,6H2. The van der Waals surface area contributed by atoms with Crippen molar-refractivity contribution in [1.82, 2.24) is 15.0 Å². The molecule has 0 bridgehead atoms. The molecule has 13 heteroatoms. The van der Waals surface area contributed by atoms with Crippen LogP contribution in [0.3, 0.4) is 0 Å². The van der Waals surface area contributed by atoms with E-state index in [2.05, 4.69) is 15.0 Å². The highest BCUT2D eigenvalue weighted by atomic mass is 19.2. The fraction of sp³-hybridized carbons (Fsp3) is 0.400. The maximum atomic E-state index is 13.6. The van der Waals surface area contributed by atoms with Gasteiger partial charge in [-0.3, -0.25) is 4.79 Å². The van der Waals surface area contributed by atoms with Crippen molar-refractivity contribution in [1.29, 1.82) is 0 Å². The quantitative estimate of drug-likeness (QED) is 0.303. The summed E-state index contributed by atoms with van der Waals surface area (Å²) in [6.07, 6.45) is -3.11. The third-order valence-electron chi connectivity index (χ3n) is 5.95. The summed E-state index contributed by atoms with van der Waals surface area (Å²) >= 11 is 0. The van der Waals surface area contributed by atoms with Gasteiger partial charge in [0.25, 0.3) is 0 Å². The van der Waals surface area contributed by atoms with E-state index in [4.69, 9.17) is 14.6 Å². The predicted molar refractivity (Wildman–Crippen MR) is 126 cm³/mol. The minimum Gasteiger partial charge on any atom is -0.469 e. The van der Waals surface area contributed by atoms with Gasteiger partial charge in [-0.25, -0.2) is 17.9 Å². The smallest absolute Gasteiger partial charge is 0.308 e. The number of carbonyl (C=O) groups excluding carboxylic acids is 1. The number of methoxy groups -OCH3 is 2. The van der Waals surface area contributed by atoms with E-state index in [1.165, 1.54) is 25.1 Å². The van der Waals surface area contributed by atoms with E-state index >= 15 is 0 Å². The third-order valence-corrected chi connectivity index (χ3v) is 5.95. The summed E-state index contributed by atoms with van der Waals surface area (Å²) in [5.74, 6) is -4.98. The first kappa shape index (κ1) is 29.2. The Morgan fingerprint density at radius 1 is 1.08 bits per heavy atom. The van der Waals surface area contributed by atoms with Crippen molar-refractivity contribution in [2.75, 3.05) is 20.8 Å². The lowest BCUT2D eigenvalue weighted by molar-refractivity contribution is -0.216. The Morgan fingerprint density at radius 2 is 1.74 bits per heavy atom. The highest BCUT2D eigenvalue weighted by molar-refractivity contribution is 5.69. The SMILES string of the molecule is COC(=O)CC1OC(CO)C(O)C(n2cc(-c3cc(F)c(F)c(F)c3)nn2)C1OC.OCc1ccccc1. The number of aliphatic hydroxyl groups excluding tert-OH is 3. The summed E-state index contributed by atoms with van der Waals surface area (Å²) in [4.78, 5) is 11.7. The monoisotopic (exact) mass is 539 g/mol. The molecule has 1 aliphatic rings. The van der Waals surface area contributed by atoms with Crippen molar-refractivity contribution in [3.05, 3.63) is 71.7 Å². The second-order valence-electron chi connectivity index (χ2n) is 8.34. The number of aliphatic hydroxyl groups is 3. The second-order valence-corrected chi connectivity index (χ2v) is 8.34. The van der Waals surface area contributed by atoms with E-state index in [1.54, 1.807) is 0 Å². The van der Waals surface area contributed by atoms with Crippen LogP contribution in [0.25, 0.3) is 11.3 Å². The van der Waals surface area contributed by atoms with Gasteiger partial charge in [-0.2, -0.15) is 0 Å². The first-order valence-corrected chi connectivity index (χ1v) is 11.5. The second kappa shape index (κ2) is 13.4. The first-order chi connectivity index (χ1) is 18.2. The lowest BCUT2D eigenvalue weighted by Gasteiger charge is -2.43. The van der Waals surface area contributed by atoms with E-state index in [-0.39, 0.29) is 24.3 Å². The van der Waals surface area contributed by atoms with Gasteiger partial charge in [0.05, 0.1) is 39.0 Å². The average Bonchev–Trinajstić information content (AvgIpc) is 3.42. The van der Waals surface area contributed by atoms with Crippen molar-refractivity contribution in [2.45, 2.75) is 43.5 Å². The number of carbonyl (C=O) groups is 1. The zero-order chi connectivity index (χ0) is 27.8. The normalized spacial score (nSPS) is 22.9. The molecule has 10 nitrogen and oxygen atoms in total. The number of halogens is 3. The molecule has 3 N–H and O–H groups in total. The Kier molecular flexibility index (Phi) is 10.3. The Bertz CT molecular complexity index is 1170. The van der Waals surface area contributed by atoms with E-state index < -0.39 is 60.5 Å². The lowest BCUT2D eigenvalue weighted by Crippen LogP contribution is -2.57. The number of esters is 1. The van der Waals surface area contributed by atoms with E-state index in [9.17, 15) is 28.2 Å². The Morgan fingerprint density at radius 3 is 2.26 bits per heavy atom. The highest BCUT2D eigenvalue weighted by Gasteiger charge is 2.47. The Labute approximate surface area is 216 Å². The molecule has 1 saturated heterocycles. The molecule has 0 aliphatic carbocycles. The number of ether oxygens (including phenoxy) is 3. The topological polar surface area (TPSA) is 136 Å². The van der Waals surface area contributed by atoms with Gasteiger partial charge in [-0.15, -0.1) is 5.10 Å². The van der Waals surface area contributed by atoms with Crippen LogP contribution in [-0.2, 0) is 25.6 Å². The van der Waals surface area contributed by atoms with Gasteiger partial charge in [0, 0.05) is 12.7 Å². The van der Waals surface area contributed by atoms with Gasteiger partial charge in [-0.05, 0) is 17.7 Å². The molecule has 5 atom stereocenters. The van der Waals surface area contributed by atoms with Crippen LogP contribution in [0.4, 0.5) is 13.2 Å². The first-order valence-electron chi connectivity index (χ1n) is 11.5. The minimum absolute atomic E-state index is 0.00594. The molecular weight excluding hydrogens is 511 g/mol. The number of aromatic nitrogens is 3. The molecule has 0 radical (unpaired) electrons. The molecule has 2 heterocycles. The zero-order valence-corrected chi connectivity index (χ0v) is 20.6. The van der Waals surface area contributed by atoms with Gasteiger partial charge < -0.3 is 29.5 Å². The van der Waals surface area contributed by atoms with Crippen molar-refractivity contribution < 1.29 is 47.5 Å². The van der Waals surface area contributed by atoms with Crippen LogP contribution in [0.5, 0.6) is 0 Å². The molecule has 206 valence electrons. The molecule has 0 saturated carbocycles.